The molecule has 0 spiro atoms. The van der Waals surface area contributed by atoms with Crippen LogP contribution < -0.4 is 0 Å². The second-order valence-corrected chi connectivity index (χ2v) is 12.9. The monoisotopic (exact) mass is 510 g/mol. The van der Waals surface area contributed by atoms with Gasteiger partial charge < -0.3 is 4.42 Å². The van der Waals surface area contributed by atoms with Gasteiger partial charge in [0.1, 0.15) is 0 Å². The Bertz CT molecular complexity index is 1410. The van der Waals surface area contributed by atoms with Crippen molar-refractivity contribution in [1.82, 2.24) is 10.2 Å². The molecule has 1 aromatic heterocycles. The predicted molar refractivity (Wildman–Crippen MR) is 154 cm³/mol. The zero-order valence-corrected chi connectivity index (χ0v) is 22.3. The van der Waals surface area contributed by atoms with Gasteiger partial charge in [0.25, 0.3) is 0 Å². The third kappa shape index (κ3) is 3.48. The molecule has 4 saturated carbocycles. The van der Waals surface area contributed by atoms with Gasteiger partial charge in [0.2, 0.25) is 11.8 Å². The van der Waals surface area contributed by atoms with E-state index in [2.05, 4.69) is 120 Å². The molecule has 3 heteroatoms. The van der Waals surface area contributed by atoms with Gasteiger partial charge in [-0.1, -0.05) is 115 Å². The van der Waals surface area contributed by atoms with Crippen LogP contribution in [0.5, 0.6) is 0 Å². The highest BCUT2D eigenvalue weighted by atomic mass is 16.4. The normalized spacial score (nSPS) is 34.4. The fraction of sp³-hybridized carbons (Fsp3) is 0.333. The SMILES string of the molecule is C1=CCC(c2nnc(C34CC5(c6ccccc6)CC(c6ccccc6)(CC(c6ccccc6)(C5)C3)C4)o2)C=C1. The van der Waals surface area contributed by atoms with Gasteiger partial charge in [0.15, 0.2) is 0 Å². The highest BCUT2D eigenvalue weighted by Gasteiger charge is 2.70. The van der Waals surface area contributed by atoms with E-state index in [0.717, 1.165) is 37.5 Å². The van der Waals surface area contributed by atoms with E-state index in [9.17, 15) is 0 Å². The van der Waals surface area contributed by atoms with Crippen LogP contribution in [0, 0.1) is 0 Å². The molecule has 4 aromatic rings. The number of rotatable bonds is 5. The van der Waals surface area contributed by atoms with Crippen LogP contribution in [0.2, 0.25) is 0 Å². The number of hydrogen-bond donors (Lipinski definition) is 0. The molecule has 1 heterocycles. The summed E-state index contributed by atoms with van der Waals surface area (Å²) in [5.74, 6) is 1.79. The van der Waals surface area contributed by atoms with E-state index >= 15 is 0 Å². The Morgan fingerprint density at radius 2 is 1.00 bits per heavy atom. The maximum absolute atomic E-state index is 6.74. The van der Waals surface area contributed by atoms with Gasteiger partial charge in [-0.25, -0.2) is 0 Å². The summed E-state index contributed by atoms with van der Waals surface area (Å²) in [6.07, 6.45) is 16.2. The van der Waals surface area contributed by atoms with E-state index in [0.29, 0.717) is 0 Å². The number of aromatic nitrogens is 2. The predicted octanol–water partition coefficient (Wildman–Crippen LogP) is 8.10. The molecule has 0 saturated heterocycles. The Balaban J connectivity index is 1.35. The molecule has 4 bridgehead atoms. The van der Waals surface area contributed by atoms with Crippen LogP contribution in [0.3, 0.4) is 0 Å². The Morgan fingerprint density at radius 1 is 0.538 bits per heavy atom. The topological polar surface area (TPSA) is 38.9 Å². The van der Waals surface area contributed by atoms with Gasteiger partial charge in [0, 0.05) is 0 Å². The van der Waals surface area contributed by atoms with E-state index in [1.807, 2.05) is 0 Å². The molecule has 5 aliphatic carbocycles. The quantitative estimate of drug-likeness (QED) is 0.272. The summed E-state index contributed by atoms with van der Waals surface area (Å²) >= 11 is 0. The van der Waals surface area contributed by atoms with Crippen molar-refractivity contribution >= 4 is 0 Å². The minimum atomic E-state index is -0.171. The summed E-state index contributed by atoms with van der Waals surface area (Å²) in [6.45, 7) is 0. The summed E-state index contributed by atoms with van der Waals surface area (Å²) in [6, 6.07) is 34.0. The van der Waals surface area contributed by atoms with Crippen molar-refractivity contribution in [2.75, 3.05) is 0 Å². The zero-order valence-electron chi connectivity index (χ0n) is 22.3. The standard InChI is InChI=1S/C36H34N2O/c1-5-13-27(14-6-1)31-37-38-32(39-31)36-24-33(28-15-7-2-8-16-28)21-34(25-36,29-17-9-3-10-18-29)23-35(22-33,26-36)30-19-11-4-12-20-30/h1-13,15-20,27H,14,21-26H2. The Morgan fingerprint density at radius 3 is 1.44 bits per heavy atom. The van der Waals surface area contributed by atoms with Crippen molar-refractivity contribution in [2.24, 2.45) is 0 Å². The summed E-state index contributed by atoms with van der Waals surface area (Å²) in [5.41, 5.74) is 4.37. The molecule has 3 aromatic carbocycles. The first-order chi connectivity index (χ1) is 19.1. The van der Waals surface area contributed by atoms with Crippen LogP contribution in [-0.4, -0.2) is 10.2 Å². The Kier molecular flexibility index (Phi) is 4.99. The van der Waals surface area contributed by atoms with Crippen molar-refractivity contribution in [3.63, 3.8) is 0 Å². The van der Waals surface area contributed by atoms with E-state index in [4.69, 9.17) is 9.52 Å². The fourth-order valence-electron chi connectivity index (χ4n) is 9.52. The lowest BCUT2D eigenvalue weighted by Crippen LogP contribution is -2.67. The van der Waals surface area contributed by atoms with E-state index in [-0.39, 0.29) is 27.6 Å². The van der Waals surface area contributed by atoms with Gasteiger partial charge in [-0.2, -0.15) is 0 Å². The van der Waals surface area contributed by atoms with Gasteiger partial charge in [-0.05, 0) is 77.9 Å². The molecule has 194 valence electrons. The molecule has 1 atom stereocenters. The summed E-state index contributed by atoms with van der Waals surface area (Å²) in [5, 5.41) is 9.56. The maximum Gasteiger partial charge on any atom is 0.223 e. The molecule has 5 aliphatic rings. The van der Waals surface area contributed by atoms with Crippen LogP contribution in [-0.2, 0) is 21.7 Å². The molecular weight excluding hydrogens is 476 g/mol. The average molecular weight is 511 g/mol. The smallest absolute Gasteiger partial charge is 0.223 e. The number of hydrogen-bond acceptors (Lipinski definition) is 3. The number of allylic oxidation sites excluding steroid dienone is 4. The highest BCUT2D eigenvalue weighted by molar-refractivity contribution is 5.47. The van der Waals surface area contributed by atoms with Gasteiger partial charge in [-0.3, -0.25) is 0 Å². The molecule has 39 heavy (non-hydrogen) atoms. The largest absolute Gasteiger partial charge is 0.424 e. The molecular formula is C36H34N2O. The van der Waals surface area contributed by atoms with Crippen LogP contribution >= 0.6 is 0 Å². The molecule has 1 unspecified atom stereocenters. The van der Waals surface area contributed by atoms with Gasteiger partial charge >= 0.3 is 0 Å². The van der Waals surface area contributed by atoms with Crippen molar-refractivity contribution in [3.05, 3.63) is 144 Å². The fourth-order valence-corrected chi connectivity index (χ4v) is 9.52. The molecule has 0 N–H and O–H groups in total. The molecule has 0 aliphatic heterocycles. The Labute approximate surface area is 230 Å². The minimum absolute atomic E-state index is 0.0454. The second kappa shape index (κ2) is 8.39. The minimum Gasteiger partial charge on any atom is -0.424 e. The third-order valence-electron chi connectivity index (χ3n) is 10.4. The van der Waals surface area contributed by atoms with Crippen LogP contribution in [0.25, 0.3) is 0 Å². The lowest BCUT2D eigenvalue weighted by Gasteiger charge is -2.70. The Hall–Kier alpha value is -3.72. The average Bonchev–Trinajstić information content (AvgIpc) is 3.50. The van der Waals surface area contributed by atoms with Crippen LogP contribution in [0.15, 0.2) is 120 Å². The zero-order chi connectivity index (χ0) is 26.0. The van der Waals surface area contributed by atoms with E-state index in [1.54, 1.807) is 0 Å². The second-order valence-electron chi connectivity index (χ2n) is 12.9. The molecule has 0 amide bonds. The summed E-state index contributed by atoms with van der Waals surface area (Å²) < 4.78 is 6.74. The van der Waals surface area contributed by atoms with Crippen LogP contribution in [0.1, 0.15) is 79.3 Å². The lowest BCUT2D eigenvalue weighted by molar-refractivity contribution is -0.0784. The molecule has 4 fully saturated rings. The molecule has 9 rings (SSSR count). The first kappa shape index (κ1) is 23.2. The third-order valence-corrected chi connectivity index (χ3v) is 10.4. The van der Waals surface area contributed by atoms with Crippen molar-refractivity contribution in [1.29, 1.82) is 0 Å². The summed E-state index contributed by atoms with van der Waals surface area (Å²) in [7, 11) is 0. The highest BCUT2D eigenvalue weighted by Crippen LogP contribution is 2.74. The number of benzene rings is 3. The summed E-state index contributed by atoms with van der Waals surface area (Å²) in [4.78, 5) is 0. The van der Waals surface area contributed by atoms with Gasteiger partial charge in [-0.15, -0.1) is 10.2 Å². The molecule has 3 nitrogen and oxygen atoms in total. The maximum atomic E-state index is 6.74. The van der Waals surface area contributed by atoms with E-state index in [1.165, 1.54) is 36.0 Å². The van der Waals surface area contributed by atoms with Gasteiger partial charge in [0.05, 0.1) is 11.3 Å². The van der Waals surface area contributed by atoms with Crippen molar-refractivity contribution in [3.8, 4) is 0 Å². The first-order valence-electron chi connectivity index (χ1n) is 14.5. The van der Waals surface area contributed by atoms with Crippen molar-refractivity contribution < 1.29 is 4.42 Å². The van der Waals surface area contributed by atoms with Crippen molar-refractivity contribution in [2.45, 2.75) is 72.5 Å². The van der Waals surface area contributed by atoms with E-state index < -0.39 is 0 Å². The molecule has 0 radical (unpaired) electrons. The first-order valence-corrected chi connectivity index (χ1v) is 14.5. The lowest BCUT2D eigenvalue weighted by atomic mass is 9.33. The number of nitrogens with zero attached hydrogens (tertiary/aromatic N) is 2. The van der Waals surface area contributed by atoms with Crippen LogP contribution in [0.4, 0.5) is 0 Å².